The molecule has 1 saturated heterocycles. The first kappa shape index (κ1) is 26.2. The van der Waals surface area contributed by atoms with E-state index in [-0.39, 0.29) is 17.5 Å². The van der Waals surface area contributed by atoms with Crippen molar-refractivity contribution in [3.8, 4) is 17.0 Å². The minimum atomic E-state index is -0.927. The van der Waals surface area contributed by atoms with E-state index >= 15 is 0 Å². The van der Waals surface area contributed by atoms with E-state index in [4.69, 9.17) is 16.3 Å². The number of likely N-dealkylation sites (tertiary alicyclic amines) is 1. The Kier molecular flexibility index (Phi) is 7.54. The number of nitrogens with zero attached hydrogens (tertiary/aromatic N) is 3. The summed E-state index contributed by atoms with van der Waals surface area (Å²) in [5.41, 5.74) is 5.23. The SMILES string of the molecule is O=C(O)c1ccc2c(C3CCCCC3)c3n(c2c1)CCOc1c-3cccc1N(CCl)C(=O)CN1CCCCC1. The van der Waals surface area contributed by atoms with Gasteiger partial charge >= 0.3 is 5.97 Å². The van der Waals surface area contributed by atoms with E-state index in [9.17, 15) is 14.7 Å². The summed E-state index contributed by atoms with van der Waals surface area (Å²) in [6.07, 6.45) is 9.33. The predicted octanol–water partition coefficient (Wildman–Crippen LogP) is 6.46. The molecule has 0 atom stereocenters. The van der Waals surface area contributed by atoms with Crippen molar-refractivity contribution >= 4 is 40.1 Å². The Labute approximate surface area is 234 Å². The van der Waals surface area contributed by atoms with Gasteiger partial charge in [-0.15, -0.1) is 11.6 Å². The highest BCUT2D eigenvalue weighted by Gasteiger charge is 2.32. The molecule has 0 bridgehead atoms. The minimum Gasteiger partial charge on any atom is -0.489 e. The van der Waals surface area contributed by atoms with Crippen molar-refractivity contribution in [3.05, 3.63) is 47.5 Å². The molecule has 2 aliphatic heterocycles. The number of benzene rings is 2. The first-order chi connectivity index (χ1) is 19.1. The Balaban J connectivity index is 1.49. The van der Waals surface area contributed by atoms with Gasteiger partial charge in [-0.05, 0) is 74.5 Å². The zero-order valence-corrected chi connectivity index (χ0v) is 23.1. The van der Waals surface area contributed by atoms with Crippen LogP contribution in [0.4, 0.5) is 5.69 Å². The summed E-state index contributed by atoms with van der Waals surface area (Å²) < 4.78 is 8.65. The highest BCUT2D eigenvalue weighted by molar-refractivity contribution is 6.22. The Morgan fingerprint density at radius 2 is 1.77 bits per heavy atom. The van der Waals surface area contributed by atoms with Crippen LogP contribution in [0.2, 0.25) is 0 Å². The number of carboxylic acid groups (broad SMARTS) is 1. The lowest BCUT2D eigenvalue weighted by Crippen LogP contribution is -2.42. The number of anilines is 1. The zero-order chi connectivity index (χ0) is 26.9. The quantitative estimate of drug-likeness (QED) is 0.282. The Hall–Kier alpha value is -3.03. The number of hydrogen-bond donors (Lipinski definition) is 1. The molecular formula is C31H36ClN3O4. The molecule has 1 aliphatic carbocycles. The molecule has 2 fully saturated rings. The number of carbonyl (C=O) groups is 2. The van der Waals surface area contributed by atoms with E-state index in [1.165, 1.54) is 31.2 Å². The van der Waals surface area contributed by atoms with Crippen molar-refractivity contribution in [2.75, 3.05) is 37.1 Å². The number of rotatable bonds is 6. The second-order valence-corrected chi connectivity index (χ2v) is 11.3. The smallest absolute Gasteiger partial charge is 0.335 e. The van der Waals surface area contributed by atoms with Gasteiger partial charge in [-0.2, -0.15) is 0 Å². The second kappa shape index (κ2) is 11.2. The monoisotopic (exact) mass is 549 g/mol. The number of halogens is 1. The maximum atomic E-state index is 13.5. The molecule has 0 spiro atoms. The van der Waals surface area contributed by atoms with Crippen molar-refractivity contribution in [1.29, 1.82) is 0 Å². The van der Waals surface area contributed by atoms with E-state index < -0.39 is 5.97 Å². The number of carbonyl (C=O) groups excluding carboxylic acids is 1. The maximum Gasteiger partial charge on any atom is 0.335 e. The summed E-state index contributed by atoms with van der Waals surface area (Å²) in [5.74, 6) is 0.131. The summed E-state index contributed by atoms with van der Waals surface area (Å²) in [7, 11) is 0. The van der Waals surface area contributed by atoms with Crippen LogP contribution < -0.4 is 9.64 Å². The third kappa shape index (κ3) is 4.91. The Morgan fingerprint density at radius 3 is 2.51 bits per heavy atom. The highest BCUT2D eigenvalue weighted by atomic mass is 35.5. The normalized spacial score (nSPS) is 18.2. The van der Waals surface area contributed by atoms with Crippen LogP contribution in [-0.2, 0) is 11.3 Å². The number of piperidine rings is 1. The maximum absolute atomic E-state index is 13.5. The zero-order valence-electron chi connectivity index (χ0n) is 22.3. The molecule has 1 aromatic heterocycles. The summed E-state index contributed by atoms with van der Waals surface area (Å²) in [6.45, 7) is 3.24. The van der Waals surface area contributed by atoms with Crippen LogP contribution in [0.3, 0.4) is 0 Å². The third-order valence-corrected chi connectivity index (χ3v) is 8.93. The molecule has 2 aromatic carbocycles. The molecule has 0 unspecified atom stereocenters. The van der Waals surface area contributed by atoms with Crippen LogP contribution in [0.15, 0.2) is 36.4 Å². The van der Waals surface area contributed by atoms with Gasteiger partial charge in [-0.25, -0.2) is 4.79 Å². The topological polar surface area (TPSA) is 75.0 Å². The van der Waals surface area contributed by atoms with Crippen LogP contribution >= 0.6 is 11.6 Å². The van der Waals surface area contributed by atoms with Crippen molar-refractivity contribution in [3.63, 3.8) is 0 Å². The van der Waals surface area contributed by atoms with Gasteiger partial charge in [0.2, 0.25) is 5.91 Å². The average Bonchev–Trinajstić information content (AvgIpc) is 3.15. The van der Waals surface area contributed by atoms with Gasteiger partial charge in [0.15, 0.2) is 5.75 Å². The van der Waals surface area contributed by atoms with E-state index in [0.717, 1.165) is 60.9 Å². The molecule has 8 heteroatoms. The molecule has 1 N–H and O–H groups in total. The molecule has 206 valence electrons. The summed E-state index contributed by atoms with van der Waals surface area (Å²) in [5, 5.41) is 10.8. The Morgan fingerprint density at radius 1 is 1.00 bits per heavy atom. The van der Waals surface area contributed by atoms with Crippen LogP contribution in [0.5, 0.6) is 5.75 Å². The average molecular weight is 550 g/mol. The van der Waals surface area contributed by atoms with Crippen molar-refractivity contribution in [2.45, 2.75) is 63.8 Å². The van der Waals surface area contributed by atoms with E-state index in [1.54, 1.807) is 17.0 Å². The number of fused-ring (bicyclic) bond motifs is 5. The molecule has 39 heavy (non-hydrogen) atoms. The molecule has 3 heterocycles. The largest absolute Gasteiger partial charge is 0.489 e. The lowest BCUT2D eigenvalue weighted by atomic mass is 9.81. The van der Waals surface area contributed by atoms with Crippen LogP contribution in [0, 0.1) is 0 Å². The fourth-order valence-electron chi connectivity index (χ4n) is 6.81. The van der Waals surface area contributed by atoms with Crippen LogP contribution in [0.25, 0.3) is 22.2 Å². The van der Waals surface area contributed by atoms with E-state index in [2.05, 4.69) is 15.5 Å². The number of para-hydroxylation sites is 1. The first-order valence-electron chi connectivity index (χ1n) is 14.3. The molecule has 7 nitrogen and oxygen atoms in total. The molecule has 0 radical (unpaired) electrons. The van der Waals surface area contributed by atoms with E-state index in [1.807, 2.05) is 18.2 Å². The summed E-state index contributed by atoms with van der Waals surface area (Å²) in [4.78, 5) is 29.2. The summed E-state index contributed by atoms with van der Waals surface area (Å²) in [6, 6.07) is 11.5. The number of ether oxygens (including phenoxy) is 1. The van der Waals surface area contributed by atoms with Gasteiger partial charge in [0.25, 0.3) is 0 Å². The van der Waals surface area contributed by atoms with Crippen molar-refractivity contribution < 1.29 is 19.4 Å². The highest BCUT2D eigenvalue weighted by Crippen LogP contribution is 2.49. The fourth-order valence-corrected chi connectivity index (χ4v) is 7.07. The molecular weight excluding hydrogens is 514 g/mol. The predicted molar refractivity (Wildman–Crippen MR) is 154 cm³/mol. The molecule has 1 saturated carbocycles. The van der Waals surface area contributed by atoms with Gasteiger partial charge in [0.1, 0.15) is 12.6 Å². The Bertz CT molecular complexity index is 1390. The number of hydrogen-bond acceptors (Lipinski definition) is 4. The van der Waals surface area contributed by atoms with Crippen molar-refractivity contribution in [2.24, 2.45) is 0 Å². The van der Waals surface area contributed by atoms with Gasteiger partial charge in [0.05, 0.1) is 30.0 Å². The fraction of sp³-hybridized carbons (Fsp3) is 0.484. The second-order valence-electron chi connectivity index (χ2n) is 11.1. The molecule has 6 rings (SSSR count). The molecule has 3 aromatic rings. The summed E-state index contributed by atoms with van der Waals surface area (Å²) >= 11 is 6.43. The standard InChI is InChI=1S/C31H36ClN3O4/c32-20-35(27(36)19-33-14-5-2-6-15-33)25-11-7-10-24-29-28(21-8-3-1-4-9-21)23-13-12-22(31(37)38)18-26(23)34(29)16-17-39-30(24)25/h7,10-13,18,21H,1-6,8-9,14-17,19-20H2,(H,37,38). The third-order valence-electron chi connectivity index (χ3n) is 8.69. The number of aromatic carboxylic acids is 1. The van der Waals surface area contributed by atoms with Crippen LogP contribution in [0.1, 0.15) is 73.2 Å². The van der Waals surface area contributed by atoms with Gasteiger partial charge in [-0.3, -0.25) is 14.6 Å². The van der Waals surface area contributed by atoms with Crippen LogP contribution in [-0.4, -0.2) is 58.7 Å². The number of amides is 1. The molecule has 3 aliphatic rings. The van der Waals surface area contributed by atoms with Gasteiger partial charge < -0.3 is 14.4 Å². The lowest BCUT2D eigenvalue weighted by Gasteiger charge is -2.30. The van der Waals surface area contributed by atoms with Gasteiger partial charge in [0, 0.05) is 16.5 Å². The van der Waals surface area contributed by atoms with Gasteiger partial charge in [-0.1, -0.05) is 37.8 Å². The molecule has 1 amide bonds. The minimum absolute atomic E-state index is 0.0210. The number of aromatic nitrogens is 1. The first-order valence-corrected chi connectivity index (χ1v) is 14.8. The number of alkyl halides is 1. The number of carboxylic acids is 1. The van der Waals surface area contributed by atoms with Crippen molar-refractivity contribution in [1.82, 2.24) is 9.47 Å². The van der Waals surface area contributed by atoms with E-state index in [0.29, 0.717) is 37.1 Å². The lowest BCUT2D eigenvalue weighted by molar-refractivity contribution is -0.119.